The van der Waals surface area contributed by atoms with Crippen molar-refractivity contribution in [2.24, 2.45) is 0 Å². The van der Waals surface area contributed by atoms with Gasteiger partial charge in [0.05, 0.1) is 27.5 Å². The summed E-state index contributed by atoms with van der Waals surface area (Å²) in [5, 5.41) is 4.96. The minimum atomic E-state index is -0.493. The fraction of sp³-hybridized carbons (Fsp3) is 0.0164. The van der Waals surface area contributed by atoms with Crippen molar-refractivity contribution in [2.45, 2.75) is 5.41 Å². The van der Waals surface area contributed by atoms with Gasteiger partial charge in [0.25, 0.3) is 0 Å². The summed E-state index contributed by atoms with van der Waals surface area (Å²) in [4.78, 5) is 0. The predicted octanol–water partition coefficient (Wildman–Crippen LogP) is 15.6. The largest absolute Gasteiger partial charge is 0.309 e. The van der Waals surface area contributed by atoms with E-state index in [1.165, 1.54) is 99.2 Å². The molecule has 0 N–H and O–H groups in total. The van der Waals surface area contributed by atoms with E-state index in [9.17, 15) is 0 Å². The van der Waals surface area contributed by atoms with E-state index in [0.717, 1.165) is 11.4 Å². The van der Waals surface area contributed by atoms with Crippen LogP contribution >= 0.6 is 0 Å². The first kappa shape index (κ1) is 35.5. The van der Waals surface area contributed by atoms with Crippen molar-refractivity contribution in [3.8, 4) is 44.8 Å². The summed E-state index contributed by atoms with van der Waals surface area (Å²) >= 11 is 0. The Morgan fingerprint density at radius 3 is 1.62 bits per heavy atom. The number of rotatable bonds is 6. The molecule has 0 bridgehead atoms. The van der Waals surface area contributed by atoms with Crippen molar-refractivity contribution in [1.29, 1.82) is 0 Å². The molecular weight excluding hydrogens is 761 g/mol. The van der Waals surface area contributed by atoms with E-state index in [4.69, 9.17) is 0 Å². The molecular formula is C61H40N2. The first-order chi connectivity index (χ1) is 31.3. The van der Waals surface area contributed by atoms with Gasteiger partial charge in [-0.3, -0.25) is 0 Å². The second-order valence-electron chi connectivity index (χ2n) is 16.8. The molecule has 0 fully saturated rings. The lowest BCUT2D eigenvalue weighted by Crippen LogP contribution is -2.28. The Labute approximate surface area is 366 Å². The van der Waals surface area contributed by atoms with Gasteiger partial charge >= 0.3 is 0 Å². The van der Waals surface area contributed by atoms with Crippen molar-refractivity contribution < 1.29 is 0 Å². The van der Waals surface area contributed by atoms with Gasteiger partial charge in [0.1, 0.15) is 0 Å². The lowest BCUT2D eigenvalue weighted by molar-refractivity contribution is 0.770. The minimum Gasteiger partial charge on any atom is -0.309 e. The van der Waals surface area contributed by atoms with Gasteiger partial charge in [-0.15, -0.1) is 0 Å². The average Bonchev–Trinajstić information content (AvgIpc) is 3.99. The molecule has 2 nitrogen and oxygen atoms in total. The van der Waals surface area contributed by atoms with Crippen LogP contribution in [-0.4, -0.2) is 9.13 Å². The van der Waals surface area contributed by atoms with Crippen LogP contribution in [0.15, 0.2) is 243 Å². The van der Waals surface area contributed by atoms with Crippen molar-refractivity contribution in [2.75, 3.05) is 0 Å². The highest BCUT2D eigenvalue weighted by atomic mass is 15.0. The number of fused-ring (bicyclic) bond motifs is 9. The molecule has 1 aliphatic rings. The van der Waals surface area contributed by atoms with Crippen LogP contribution in [0.3, 0.4) is 0 Å². The zero-order valence-electron chi connectivity index (χ0n) is 34.5. The van der Waals surface area contributed by atoms with Crippen LogP contribution in [0.4, 0.5) is 0 Å². The lowest BCUT2D eigenvalue weighted by Gasteiger charge is -2.34. The third-order valence-corrected chi connectivity index (χ3v) is 13.6. The summed E-state index contributed by atoms with van der Waals surface area (Å²) in [6, 6.07) is 89.6. The first-order valence-electron chi connectivity index (χ1n) is 21.8. The molecule has 0 spiro atoms. The van der Waals surface area contributed by atoms with Crippen LogP contribution in [0.2, 0.25) is 0 Å². The van der Waals surface area contributed by atoms with Gasteiger partial charge in [-0.05, 0) is 110 Å². The van der Waals surface area contributed by atoms with Crippen LogP contribution in [0.1, 0.15) is 22.3 Å². The van der Waals surface area contributed by atoms with Crippen LogP contribution < -0.4 is 0 Å². The molecule has 13 rings (SSSR count). The first-order valence-corrected chi connectivity index (χ1v) is 21.8. The van der Waals surface area contributed by atoms with Gasteiger partial charge in [-0.2, -0.15) is 0 Å². The number of hydrogen-bond acceptors (Lipinski definition) is 0. The highest BCUT2D eigenvalue weighted by Crippen LogP contribution is 2.56. The van der Waals surface area contributed by atoms with Gasteiger partial charge in [0.2, 0.25) is 0 Å². The fourth-order valence-corrected chi connectivity index (χ4v) is 11.0. The van der Waals surface area contributed by atoms with Crippen LogP contribution in [0, 0.1) is 0 Å². The third-order valence-electron chi connectivity index (χ3n) is 13.6. The molecule has 1 aliphatic carbocycles. The van der Waals surface area contributed by atoms with E-state index in [1.54, 1.807) is 0 Å². The minimum absolute atomic E-state index is 0.493. The highest BCUT2D eigenvalue weighted by molar-refractivity contribution is 6.17. The van der Waals surface area contributed by atoms with Gasteiger partial charge in [-0.1, -0.05) is 188 Å². The monoisotopic (exact) mass is 800 g/mol. The molecule has 0 aliphatic heterocycles. The maximum atomic E-state index is 2.50. The molecule has 2 heterocycles. The fourth-order valence-electron chi connectivity index (χ4n) is 11.0. The zero-order valence-corrected chi connectivity index (χ0v) is 34.5. The molecule has 0 amide bonds. The van der Waals surface area contributed by atoms with E-state index in [-0.39, 0.29) is 0 Å². The quantitative estimate of drug-likeness (QED) is 0.159. The van der Waals surface area contributed by atoms with Gasteiger partial charge in [0, 0.05) is 32.9 Å². The summed E-state index contributed by atoms with van der Waals surface area (Å²) in [5.41, 5.74) is 19.1. The Morgan fingerprint density at radius 2 is 0.841 bits per heavy atom. The van der Waals surface area contributed by atoms with E-state index in [0.29, 0.717) is 0 Å². The Bertz CT molecular complexity index is 3680. The summed E-state index contributed by atoms with van der Waals surface area (Å²) in [6.07, 6.45) is 0. The number of hydrogen-bond donors (Lipinski definition) is 0. The Balaban J connectivity index is 1.10. The van der Waals surface area contributed by atoms with Gasteiger partial charge in [0.15, 0.2) is 0 Å². The number of nitrogens with zero attached hydrogens (tertiary/aromatic N) is 2. The lowest BCUT2D eigenvalue weighted by atomic mass is 9.67. The molecule has 2 aromatic heterocycles. The van der Waals surface area contributed by atoms with E-state index in [1.807, 2.05) is 0 Å². The molecule has 0 unspecified atom stereocenters. The normalized spacial score (nSPS) is 12.9. The number of aromatic nitrogens is 2. The van der Waals surface area contributed by atoms with Crippen LogP contribution in [0.25, 0.3) is 88.4 Å². The summed E-state index contributed by atoms with van der Waals surface area (Å²) < 4.78 is 4.89. The molecule has 0 saturated heterocycles. The Morgan fingerprint density at radius 1 is 0.270 bits per heavy atom. The highest BCUT2D eigenvalue weighted by Gasteiger charge is 2.46. The number of para-hydroxylation sites is 2. The topological polar surface area (TPSA) is 9.86 Å². The zero-order chi connectivity index (χ0) is 41.5. The average molecular weight is 801 g/mol. The standard InChI is InChI=1S/C61H40N2/c1-4-18-41(19-5-1)42-20-16-25-47(38-42)63-57-37-35-45(61(44-21-6-2-7-22-44)54-30-13-10-26-49(54)50-27-11-14-31-55(50)61)40-53(57)51-36-34-43(39-59(51)63)48-29-17-33-58-60(48)52-28-12-15-32-56(52)62(58)46-23-8-3-9-24-46/h1-40H. The molecule has 12 aromatic rings. The summed E-state index contributed by atoms with van der Waals surface area (Å²) in [5.74, 6) is 0. The smallest absolute Gasteiger partial charge is 0.0713 e. The molecule has 10 aromatic carbocycles. The maximum Gasteiger partial charge on any atom is 0.0713 e. The van der Waals surface area contributed by atoms with E-state index in [2.05, 4.69) is 252 Å². The SMILES string of the molecule is c1ccc(-c2cccc(-n3c4ccc(C5(c6ccccc6)c6ccccc6-c6ccccc65)cc4c4ccc(-c5cccc6c5c5ccccc5n6-c5ccccc5)cc43)c2)cc1. The van der Waals surface area contributed by atoms with E-state index >= 15 is 0 Å². The predicted molar refractivity (Wildman–Crippen MR) is 263 cm³/mol. The Kier molecular flexibility index (Phi) is 7.85. The summed E-state index contributed by atoms with van der Waals surface area (Å²) in [6.45, 7) is 0. The second-order valence-corrected chi connectivity index (χ2v) is 16.8. The maximum absolute atomic E-state index is 2.50. The number of benzene rings is 10. The molecule has 0 saturated carbocycles. The van der Waals surface area contributed by atoms with Crippen LogP contribution in [0.5, 0.6) is 0 Å². The summed E-state index contributed by atoms with van der Waals surface area (Å²) in [7, 11) is 0. The molecule has 0 radical (unpaired) electrons. The van der Waals surface area contributed by atoms with Gasteiger partial charge < -0.3 is 9.13 Å². The van der Waals surface area contributed by atoms with Gasteiger partial charge in [-0.25, -0.2) is 0 Å². The van der Waals surface area contributed by atoms with E-state index < -0.39 is 5.41 Å². The van der Waals surface area contributed by atoms with Crippen molar-refractivity contribution in [3.63, 3.8) is 0 Å². The molecule has 0 atom stereocenters. The molecule has 63 heavy (non-hydrogen) atoms. The molecule has 294 valence electrons. The third kappa shape index (κ3) is 5.19. The van der Waals surface area contributed by atoms with Crippen LogP contribution in [-0.2, 0) is 5.41 Å². The van der Waals surface area contributed by atoms with Crippen molar-refractivity contribution >= 4 is 43.6 Å². The van der Waals surface area contributed by atoms with Crippen molar-refractivity contribution in [3.05, 3.63) is 265 Å². The second kappa shape index (κ2) is 13.9. The Hall–Kier alpha value is -8.20. The van der Waals surface area contributed by atoms with Crippen molar-refractivity contribution in [1.82, 2.24) is 9.13 Å². The molecule has 2 heteroatoms.